The van der Waals surface area contributed by atoms with Gasteiger partial charge in [-0.25, -0.2) is 0 Å². The molecule has 0 radical (unpaired) electrons. The van der Waals surface area contributed by atoms with Crippen molar-refractivity contribution in [2.75, 3.05) is 26.7 Å². The zero-order chi connectivity index (χ0) is 27.4. The highest BCUT2D eigenvalue weighted by molar-refractivity contribution is 5.15. The molecule has 1 saturated heterocycles. The van der Waals surface area contributed by atoms with E-state index in [2.05, 4.69) is 0 Å². The molecule has 0 amide bonds. The van der Waals surface area contributed by atoms with E-state index in [-0.39, 0.29) is 35.0 Å². The first kappa shape index (κ1) is 34.5. The minimum Gasteiger partial charge on any atom is -1.00 e. The lowest BCUT2D eigenvalue weighted by atomic mass is 9.88. The van der Waals surface area contributed by atoms with Gasteiger partial charge in [-0.3, -0.25) is 0 Å². The van der Waals surface area contributed by atoms with Crippen molar-refractivity contribution in [3.63, 3.8) is 0 Å². The molecule has 0 aromatic rings. The molecule has 1 aliphatic heterocycles. The highest BCUT2D eigenvalue weighted by Crippen LogP contribution is 2.64. The Morgan fingerprint density at radius 2 is 0.829 bits per heavy atom. The Balaban J connectivity index is 0.0000116. The normalized spacial score (nSPS) is 19.0. The Hall–Kier alpha value is -0.500. The fourth-order valence-electron chi connectivity index (χ4n) is 3.36. The van der Waals surface area contributed by atoms with Crippen molar-refractivity contribution in [2.24, 2.45) is 0 Å². The molecular weight excluding hydrogens is 656 g/mol. The molecule has 1 nitrogen and oxygen atoms in total. The Morgan fingerprint density at radius 1 is 0.514 bits per heavy atom. The van der Waals surface area contributed by atoms with Crippen LogP contribution in [0.15, 0.2) is 0 Å². The van der Waals surface area contributed by atoms with E-state index >= 15 is 0 Å². The molecule has 0 N–H and O–H groups in total. The molecule has 1 heterocycles. The molecule has 1 rings (SSSR count). The summed E-state index contributed by atoms with van der Waals surface area (Å²) in [4.78, 5) is 0. The van der Waals surface area contributed by atoms with Crippen LogP contribution in [-0.4, -0.2) is 78.8 Å². The van der Waals surface area contributed by atoms with E-state index in [1.165, 1.54) is 7.05 Å². The van der Waals surface area contributed by atoms with Crippen LogP contribution in [-0.2, 0) is 0 Å². The summed E-state index contributed by atoms with van der Waals surface area (Å²) in [5.74, 6) is -55.7. The SMILES string of the molecule is C[N+]1(CCCC(F)(F)C(F)(F)C(F)(F)C(F)(F)C(F)(F)C(F)(F)C(F)(F)C(F)(F)F)CCCC1.[I-]. The van der Waals surface area contributed by atoms with Gasteiger partial charge in [0.15, 0.2) is 0 Å². The lowest BCUT2D eigenvalue weighted by molar-refractivity contribution is -0.898. The predicted molar refractivity (Wildman–Crippen MR) is 79.9 cm³/mol. The van der Waals surface area contributed by atoms with Crippen LogP contribution in [0.3, 0.4) is 0 Å². The number of likely N-dealkylation sites (tertiary alicyclic amines) is 1. The fourth-order valence-corrected chi connectivity index (χ4v) is 3.36. The summed E-state index contributed by atoms with van der Waals surface area (Å²) < 4.78 is 224. The highest BCUT2D eigenvalue weighted by atomic mass is 127. The fraction of sp³-hybridized carbons (Fsp3) is 1.00. The van der Waals surface area contributed by atoms with E-state index in [9.17, 15) is 74.6 Å². The number of rotatable bonds is 10. The second kappa shape index (κ2) is 9.67. The molecular formula is C16H17F17IN. The molecule has 0 aromatic carbocycles. The number of quaternary nitrogens is 1. The molecule has 1 fully saturated rings. The van der Waals surface area contributed by atoms with Crippen molar-refractivity contribution >= 4 is 0 Å². The number of alkyl halides is 17. The lowest BCUT2D eigenvalue weighted by Gasteiger charge is -2.43. The van der Waals surface area contributed by atoms with E-state index in [1.807, 2.05) is 0 Å². The number of hydrogen-bond donors (Lipinski definition) is 0. The molecule has 0 bridgehead atoms. The van der Waals surface area contributed by atoms with Gasteiger partial charge >= 0.3 is 47.6 Å². The quantitative estimate of drug-likeness (QED) is 0.187. The van der Waals surface area contributed by atoms with Gasteiger partial charge in [0.25, 0.3) is 0 Å². The third-order valence-electron chi connectivity index (χ3n) is 5.62. The molecule has 0 saturated carbocycles. The van der Waals surface area contributed by atoms with Crippen molar-refractivity contribution in [1.29, 1.82) is 0 Å². The average Bonchev–Trinajstić information content (AvgIpc) is 3.06. The van der Waals surface area contributed by atoms with Crippen molar-refractivity contribution in [2.45, 2.75) is 73.3 Å². The first-order valence-corrected chi connectivity index (χ1v) is 9.21. The van der Waals surface area contributed by atoms with E-state index in [0.717, 1.165) is 0 Å². The summed E-state index contributed by atoms with van der Waals surface area (Å²) in [5.41, 5.74) is 0. The number of hydrogen-bond acceptors (Lipinski definition) is 0. The molecule has 1 aliphatic rings. The molecule has 0 aliphatic carbocycles. The smallest absolute Gasteiger partial charge is 0.460 e. The highest BCUT2D eigenvalue weighted by Gasteiger charge is 2.95. The van der Waals surface area contributed by atoms with Gasteiger partial charge in [-0.15, -0.1) is 0 Å². The molecule has 0 spiro atoms. The maximum absolute atomic E-state index is 13.8. The van der Waals surface area contributed by atoms with Crippen LogP contribution in [0.2, 0.25) is 0 Å². The zero-order valence-corrected chi connectivity index (χ0v) is 19.4. The van der Waals surface area contributed by atoms with Crippen LogP contribution in [0.1, 0.15) is 25.7 Å². The van der Waals surface area contributed by atoms with Gasteiger partial charge < -0.3 is 28.5 Å². The average molecular weight is 673 g/mol. The van der Waals surface area contributed by atoms with E-state index in [1.54, 1.807) is 0 Å². The molecule has 0 unspecified atom stereocenters. The first-order chi connectivity index (χ1) is 14.7. The zero-order valence-electron chi connectivity index (χ0n) is 17.2. The largest absolute Gasteiger partial charge is 1.00 e. The van der Waals surface area contributed by atoms with Crippen molar-refractivity contribution < 1.29 is 103 Å². The Labute approximate surface area is 203 Å². The van der Waals surface area contributed by atoms with Crippen LogP contribution in [0.4, 0.5) is 74.6 Å². The van der Waals surface area contributed by atoms with Gasteiger partial charge in [0.2, 0.25) is 0 Å². The van der Waals surface area contributed by atoms with Gasteiger partial charge in [-0.05, 0) is 0 Å². The van der Waals surface area contributed by atoms with Gasteiger partial charge in [0.05, 0.1) is 26.7 Å². The van der Waals surface area contributed by atoms with Crippen LogP contribution >= 0.6 is 0 Å². The van der Waals surface area contributed by atoms with Crippen LogP contribution < -0.4 is 24.0 Å². The van der Waals surface area contributed by atoms with Crippen molar-refractivity contribution in [3.05, 3.63) is 0 Å². The molecule has 212 valence electrons. The topological polar surface area (TPSA) is 0 Å². The Bertz CT molecular complexity index is 724. The lowest BCUT2D eigenvalue weighted by Crippen LogP contribution is -3.00. The summed E-state index contributed by atoms with van der Waals surface area (Å²) >= 11 is 0. The summed E-state index contributed by atoms with van der Waals surface area (Å²) in [6, 6.07) is 0. The number of halogens is 18. The second-order valence-corrected chi connectivity index (χ2v) is 8.25. The summed E-state index contributed by atoms with van der Waals surface area (Å²) in [7, 11) is 1.44. The summed E-state index contributed by atoms with van der Waals surface area (Å²) in [6.07, 6.45) is -10.0. The predicted octanol–water partition coefficient (Wildman–Crippen LogP) is 4.02. The minimum atomic E-state index is -8.57. The van der Waals surface area contributed by atoms with E-state index in [0.29, 0.717) is 25.9 Å². The molecule has 0 aromatic heterocycles. The maximum atomic E-state index is 13.8. The van der Waals surface area contributed by atoms with Crippen molar-refractivity contribution in [3.8, 4) is 0 Å². The molecule has 35 heavy (non-hydrogen) atoms. The first-order valence-electron chi connectivity index (χ1n) is 9.21. The van der Waals surface area contributed by atoms with Gasteiger partial charge in [0.1, 0.15) is 0 Å². The standard InChI is InChI=1S/C16H17F17N.HI/c1-34(6-2-3-7-34)8-4-5-9(17,18)10(19,20)11(21,22)12(23,24)13(25,26)14(27,28)15(29,30)16(31,32)33;/h2-8H2,1H3;1H/q+1;/p-1. The molecule has 0 atom stereocenters. The minimum absolute atomic E-state index is 0. The van der Waals surface area contributed by atoms with Gasteiger partial charge in [0, 0.05) is 25.7 Å². The number of nitrogens with zero attached hydrogens (tertiary/aromatic N) is 1. The third-order valence-corrected chi connectivity index (χ3v) is 5.62. The van der Waals surface area contributed by atoms with Gasteiger partial charge in [-0.1, -0.05) is 0 Å². The van der Waals surface area contributed by atoms with Crippen LogP contribution in [0.25, 0.3) is 0 Å². The van der Waals surface area contributed by atoms with Crippen LogP contribution in [0.5, 0.6) is 0 Å². The maximum Gasteiger partial charge on any atom is 0.460 e. The Kier molecular flexibility index (Phi) is 9.53. The summed E-state index contributed by atoms with van der Waals surface area (Å²) in [5, 5.41) is 0. The van der Waals surface area contributed by atoms with E-state index < -0.39 is 60.5 Å². The summed E-state index contributed by atoms with van der Waals surface area (Å²) in [6.45, 7) is 0.287. The monoisotopic (exact) mass is 673 g/mol. The van der Waals surface area contributed by atoms with E-state index in [4.69, 9.17) is 0 Å². The second-order valence-electron chi connectivity index (χ2n) is 8.25. The molecule has 19 heteroatoms. The Morgan fingerprint density at radius 3 is 1.17 bits per heavy atom. The van der Waals surface area contributed by atoms with Crippen molar-refractivity contribution in [1.82, 2.24) is 0 Å². The third kappa shape index (κ3) is 5.26. The van der Waals surface area contributed by atoms with Crippen LogP contribution in [0, 0.1) is 0 Å². The van der Waals surface area contributed by atoms with Gasteiger partial charge in [-0.2, -0.15) is 74.6 Å².